The molecule has 0 aliphatic rings. The van der Waals surface area contributed by atoms with E-state index >= 15 is 0 Å². The molecule has 0 unspecified atom stereocenters. The minimum absolute atomic E-state index is 0.0948. The minimum atomic E-state index is -0.677. The Morgan fingerprint density at radius 2 is 1.33 bits per heavy atom. The fourth-order valence-electron chi connectivity index (χ4n) is 4.24. The highest BCUT2D eigenvalue weighted by Gasteiger charge is 2.25. The average molecular weight is 522 g/mol. The normalized spacial score (nSPS) is 10.8. The monoisotopic (exact) mass is 522 g/mol. The van der Waals surface area contributed by atoms with Gasteiger partial charge in [-0.15, -0.1) is 0 Å². The summed E-state index contributed by atoms with van der Waals surface area (Å²) in [6.45, 7) is 5.35. The number of nitro groups is 2. The van der Waals surface area contributed by atoms with Crippen molar-refractivity contribution < 1.29 is 14.5 Å². The van der Waals surface area contributed by atoms with Crippen LogP contribution in [0.25, 0.3) is 0 Å². The molecule has 0 aromatic heterocycles. The third-order valence-electron chi connectivity index (χ3n) is 6.24. The first-order valence-electron chi connectivity index (χ1n) is 12.5. The third kappa shape index (κ3) is 6.67. The summed E-state index contributed by atoms with van der Waals surface area (Å²) < 4.78 is 6.68. The highest BCUT2D eigenvalue weighted by Crippen LogP contribution is 2.29. The van der Waals surface area contributed by atoms with Gasteiger partial charge in [0.05, 0.1) is 21.6 Å². The van der Waals surface area contributed by atoms with Crippen LogP contribution in [0, 0.1) is 20.2 Å². The van der Waals surface area contributed by atoms with Crippen molar-refractivity contribution in [2.24, 2.45) is 4.99 Å². The molecule has 0 spiro atoms. The molecule has 0 aliphatic heterocycles. The van der Waals surface area contributed by atoms with E-state index in [1.54, 1.807) is 0 Å². The summed E-state index contributed by atoms with van der Waals surface area (Å²) in [6, 6.07) is 28.8. The Morgan fingerprint density at radius 1 is 0.795 bits per heavy atom. The molecule has 196 valence electrons. The molecule has 0 amide bonds. The van der Waals surface area contributed by atoms with Crippen LogP contribution >= 0.6 is 0 Å². The Balaban J connectivity index is 1.80. The van der Waals surface area contributed by atoms with Crippen LogP contribution in [0.1, 0.15) is 19.4 Å². The lowest BCUT2D eigenvalue weighted by Crippen LogP contribution is -2.47. The van der Waals surface area contributed by atoms with Crippen LogP contribution in [0.5, 0.6) is 5.75 Å². The van der Waals surface area contributed by atoms with Crippen molar-refractivity contribution in [2.45, 2.75) is 13.8 Å². The second-order valence-electron chi connectivity index (χ2n) is 8.69. The molecule has 4 aromatic rings. The quantitative estimate of drug-likeness (QED) is 0.115. The highest BCUT2D eigenvalue weighted by molar-refractivity contribution is 6.80. The number of rotatable bonds is 11. The summed E-state index contributed by atoms with van der Waals surface area (Å²) in [6.07, 6.45) is 1.51. The fraction of sp³-hybridized carbons (Fsp3) is 0.138. The summed E-state index contributed by atoms with van der Waals surface area (Å²) in [5, 5.41) is 22.6. The van der Waals surface area contributed by atoms with Gasteiger partial charge in [0.25, 0.3) is 11.4 Å². The van der Waals surface area contributed by atoms with Crippen molar-refractivity contribution in [1.82, 2.24) is 0 Å². The molecule has 9 nitrogen and oxygen atoms in total. The maximum absolute atomic E-state index is 11.3. The van der Waals surface area contributed by atoms with Crippen molar-refractivity contribution in [1.29, 1.82) is 0 Å². The van der Waals surface area contributed by atoms with Crippen molar-refractivity contribution in [3.05, 3.63) is 123 Å². The van der Waals surface area contributed by atoms with Crippen molar-refractivity contribution in [3.8, 4) is 5.75 Å². The van der Waals surface area contributed by atoms with E-state index in [-0.39, 0.29) is 5.69 Å². The van der Waals surface area contributed by atoms with Gasteiger partial charge in [0, 0.05) is 48.8 Å². The molecular weight excluding hydrogens is 495 g/mol. The summed E-state index contributed by atoms with van der Waals surface area (Å²) in [5.41, 5.74) is 2.81. The van der Waals surface area contributed by atoms with Crippen molar-refractivity contribution >= 4 is 46.8 Å². The van der Waals surface area contributed by atoms with Gasteiger partial charge in [-0.05, 0) is 36.9 Å². The summed E-state index contributed by atoms with van der Waals surface area (Å²) in [5.74, 6) is 0.556. The molecule has 39 heavy (non-hydrogen) atoms. The van der Waals surface area contributed by atoms with Crippen LogP contribution in [0.4, 0.5) is 22.7 Å². The molecule has 4 rings (SSSR count). The van der Waals surface area contributed by atoms with Gasteiger partial charge in [0.2, 0.25) is 0 Å². The topological polar surface area (TPSA) is 111 Å². The van der Waals surface area contributed by atoms with Gasteiger partial charge in [-0.1, -0.05) is 60.7 Å². The van der Waals surface area contributed by atoms with Gasteiger partial charge >= 0.3 is 6.92 Å². The Bertz CT molecular complexity index is 1410. The van der Waals surface area contributed by atoms with Gasteiger partial charge < -0.3 is 9.55 Å². The van der Waals surface area contributed by atoms with Crippen molar-refractivity contribution in [3.63, 3.8) is 0 Å². The van der Waals surface area contributed by atoms with Crippen LogP contribution in [0.3, 0.4) is 0 Å². The lowest BCUT2D eigenvalue weighted by atomic mass is 9.55. The number of aliphatic imine (C=N–C) groups is 1. The SMILES string of the molecule is CCN(CC)c1ccc(C=Nc2cc([N+](=O)[O-])cc([N+](=O)[O-])c2)c(OB(c2ccccc2)c2ccccc2)c1. The molecule has 0 aliphatic carbocycles. The highest BCUT2D eigenvalue weighted by atomic mass is 16.6. The van der Waals surface area contributed by atoms with E-state index < -0.39 is 28.1 Å². The van der Waals surface area contributed by atoms with Gasteiger partial charge in [0.1, 0.15) is 5.75 Å². The Morgan fingerprint density at radius 3 is 1.82 bits per heavy atom. The first kappa shape index (κ1) is 27.1. The number of hydrogen-bond acceptors (Lipinski definition) is 7. The summed E-state index contributed by atoms with van der Waals surface area (Å²) in [7, 11) is 0. The number of hydrogen-bond donors (Lipinski definition) is 0. The molecule has 4 aromatic carbocycles. The van der Waals surface area contributed by atoms with Crippen LogP contribution in [-0.2, 0) is 0 Å². The molecular formula is C29H27BN4O5. The van der Waals surface area contributed by atoms with E-state index in [0.717, 1.165) is 35.8 Å². The van der Waals surface area contributed by atoms with Crippen molar-refractivity contribution in [2.75, 3.05) is 18.0 Å². The van der Waals surface area contributed by atoms with Gasteiger partial charge in [-0.25, -0.2) is 0 Å². The Labute approximate surface area is 226 Å². The largest absolute Gasteiger partial charge is 0.551 e. The van der Waals surface area contributed by atoms with E-state index in [1.165, 1.54) is 18.3 Å². The van der Waals surface area contributed by atoms with E-state index in [0.29, 0.717) is 11.3 Å². The molecule has 0 saturated carbocycles. The summed E-state index contributed by atoms with van der Waals surface area (Å²) in [4.78, 5) is 27.8. The average Bonchev–Trinajstić information content (AvgIpc) is 2.96. The van der Waals surface area contributed by atoms with Crippen LogP contribution < -0.4 is 20.5 Å². The van der Waals surface area contributed by atoms with Crippen LogP contribution in [0.2, 0.25) is 0 Å². The predicted molar refractivity (Wildman–Crippen MR) is 156 cm³/mol. The van der Waals surface area contributed by atoms with E-state index in [9.17, 15) is 20.2 Å². The molecule has 0 atom stereocenters. The molecule has 0 fully saturated rings. The second-order valence-corrected chi connectivity index (χ2v) is 8.69. The smallest absolute Gasteiger partial charge is 0.426 e. The number of nitro benzene ring substituents is 2. The fourth-order valence-corrected chi connectivity index (χ4v) is 4.24. The maximum atomic E-state index is 11.3. The molecule has 0 saturated heterocycles. The zero-order valence-corrected chi connectivity index (χ0v) is 21.6. The first-order valence-corrected chi connectivity index (χ1v) is 12.5. The van der Waals surface area contributed by atoms with Crippen LogP contribution in [0.15, 0.2) is 102 Å². The third-order valence-corrected chi connectivity index (χ3v) is 6.24. The predicted octanol–water partition coefficient (Wildman–Crippen LogP) is 5.28. The molecule has 0 radical (unpaired) electrons. The Kier molecular flexibility index (Phi) is 8.68. The van der Waals surface area contributed by atoms with Gasteiger partial charge in [0.15, 0.2) is 0 Å². The zero-order chi connectivity index (χ0) is 27.8. The minimum Gasteiger partial charge on any atom is -0.551 e. The first-order chi connectivity index (χ1) is 18.9. The van der Waals surface area contributed by atoms with E-state index in [1.807, 2.05) is 78.9 Å². The number of nitrogens with zero attached hydrogens (tertiary/aromatic N) is 4. The molecule has 0 N–H and O–H groups in total. The Hall–Kier alpha value is -4.99. The second kappa shape index (κ2) is 12.5. The van der Waals surface area contributed by atoms with Gasteiger partial charge in [-0.3, -0.25) is 25.2 Å². The standard InChI is InChI=1S/C29H27BN4O5/c1-3-32(4-2)26-16-15-22(21-31-25-17-27(33(35)36)19-28(18-25)34(37)38)29(20-26)39-30(23-11-7-5-8-12-23)24-13-9-6-10-14-24/h5-21H,3-4H2,1-2H3. The lowest BCUT2D eigenvalue weighted by Gasteiger charge is -2.24. The molecule has 0 bridgehead atoms. The van der Waals surface area contributed by atoms with E-state index in [4.69, 9.17) is 4.65 Å². The number of benzene rings is 4. The molecule has 0 heterocycles. The maximum Gasteiger partial charge on any atom is 0.426 e. The van der Waals surface area contributed by atoms with E-state index in [2.05, 4.69) is 23.7 Å². The summed E-state index contributed by atoms with van der Waals surface area (Å²) >= 11 is 0. The number of anilines is 1. The lowest BCUT2D eigenvalue weighted by molar-refractivity contribution is -0.394. The number of non-ortho nitro benzene ring substituents is 2. The van der Waals surface area contributed by atoms with Gasteiger partial charge in [-0.2, -0.15) is 0 Å². The molecule has 10 heteroatoms. The zero-order valence-electron chi connectivity index (χ0n) is 21.6. The van der Waals surface area contributed by atoms with Crippen LogP contribution in [-0.4, -0.2) is 36.1 Å².